The molecule has 17 heavy (non-hydrogen) atoms. The van der Waals surface area contributed by atoms with Crippen molar-refractivity contribution in [3.63, 3.8) is 0 Å². The minimum atomic E-state index is 0. The third-order valence-corrected chi connectivity index (χ3v) is 3.64. The maximum absolute atomic E-state index is 12.1. The van der Waals surface area contributed by atoms with Gasteiger partial charge in [-0.2, -0.15) is 0 Å². The van der Waals surface area contributed by atoms with Gasteiger partial charge in [-0.3, -0.25) is 4.79 Å². The minimum absolute atomic E-state index is 0. The van der Waals surface area contributed by atoms with E-state index in [1.807, 2.05) is 48.5 Å². The smallest absolute Gasteiger partial charge is 0.195 e. The zero-order valence-corrected chi connectivity index (χ0v) is 11.2. The van der Waals surface area contributed by atoms with Crippen molar-refractivity contribution in [2.75, 3.05) is 0 Å². The lowest BCUT2D eigenvalue weighted by molar-refractivity contribution is 1.75. The summed E-state index contributed by atoms with van der Waals surface area (Å²) in [5, 5.41) is 1.64. The summed E-state index contributed by atoms with van der Waals surface area (Å²) in [6.45, 7) is 0. The molecule has 0 aliphatic rings. The van der Waals surface area contributed by atoms with Crippen LogP contribution in [0.3, 0.4) is 0 Å². The molecule has 1 heterocycles. The first-order chi connectivity index (χ1) is 7.36. The van der Waals surface area contributed by atoms with Crippen molar-refractivity contribution in [1.29, 1.82) is 0 Å². The van der Waals surface area contributed by atoms with Crippen LogP contribution in [0.2, 0.25) is 0 Å². The number of fused-ring (bicyclic) bond motifs is 2. The number of benzene rings is 2. The molecule has 0 amide bonds. The van der Waals surface area contributed by atoms with Crippen LogP contribution in [0.1, 0.15) is 0 Å². The summed E-state index contributed by atoms with van der Waals surface area (Å²) in [4.78, 5) is 12.1. The molecule has 0 radical (unpaired) electrons. The monoisotopic (exact) mass is 284 g/mol. The fourth-order valence-corrected chi connectivity index (χ4v) is 2.82. The van der Waals surface area contributed by atoms with E-state index in [9.17, 15) is 4.79 Å². The molecule has 0 saturated heterocycles. The minimum Gasteiger partial charge on any atom is -0.289 e. The summed E-state index contributed by atoms with van der Waals surface area (Å²) in [5.41, 5.74) is 0.139. The van der Waals surface area contributed by atoms with Crippen molar-refractivity contribution in [3.8, 4) is 0 Å². The molecule has 0 aliphatic carbocycles. The molecule has 0 bridgehead atoms. The maximum Gasteiger partial charge on any atom is 0.195 e. The quantitative estimate of drug-likeness (QED) is 0.564. The summed E-state index contributed by atoms with van der Waals surface area (Å²) < 4.78 is 2.11. The highest BCUT2D eigenvalue weighted by Gasteiger charge is 2.03. The number of hydrogen-bond acceptors (Lipinski definition) is 2. The average molecular weight is 285 g/mol. The van der Waals surface area contributed by atoms with E-state index >= 15 is 0 Å². The fourth-order valence-electron chi connectivity index (χ4n) is 1.75. The molecule has 2 aromatic carbocycles. The number of halogens is 2. The van der Waals surface area contributed by atoms with E-state index in [-0.39, 0.29) is 30.2 Å². The van der Waals surface area contributed by atoms with Crippen molar-refractivity contribution in [2.45, 2.75) is 0 Å². The van der Waals surface area contributed by atoms with Gasteiger partial charge in [0, 0.05) is 20.2 Å². The molecule has 3 aromatic rings. The van der Waals surface area contributed by atoms with Gasteiger partial charge in [-0.25, -0.2) is 0 Å². The maximum atomic E-state index is 12.1. The van der Waals surface area contributed by atoms with Gasteiger partial charge in [-0.05, 0) is 24.3 Å². The van der Waals surface area contributed by atoms with Gasteiger partial charge in [-0.15, -0.1) is 36.2 Å². The molecular weight excluding hydrogens is 275 g/mol. The Bertz CT molecular complexity index is 649. The SMILES string of the molecule is Cl.Cl.O=c1c2ccccc2sc2ccccc12. The van der Waals surface area contributed by atoms with Crippen molar-refractivity contribution in [3.05, 3.63) is 58.8 Å². The molecular formula is C13H10Cl2OS. The van der Waals surface area contributed by atoms with Crippen molar-refractivity contribution >= 4 is 56.3 Å². The molecule has 0 spiro atoms. The van der Waals surface area contributed by atoms with Crippen LogP contribution >= 0.6 is 36.2 Å². The summed E-state index contributed by atoms with van der Waals surface area (Å²) in [6.07, 6.45) is 0. The van der Waals surface area contributed by atoms with Gasteiger partial charge in [0.1, 0.15) is 0 Å². The van der Waals surface area contributed by atoms with E-state index in [4.69, 9.17) is 0 Å². The second-order valence-corrected chi connectivity index (χ2v) is 4.51. The zero-order chi connectivity index (χ0) is 10.3. The Balaban J connectivity index is 0.000000722. The topological polar surface area (TPSA) is 17.1 Å². The Morgan fingerprint density at radius 2 is 1.12 bits per heavy atom. The molecule has 1 nitrogen and oxygen atoms in total. The van der Waals surface area contributed by atoms with Crippen LogP contribution in [0.4, 0.5) is 0 Å². The van der Waals surface area contributed by atoms with Gasteiger partial charge in [0.05, 0.1) is 0 Å². The lowest BCUT2D eigenvalue weighted by atomic mass is 10.2. The first-order valence-corrected chi connectivity index (χ1v) is 5.58. The largest absolute Gasteiger partial charge is 0.289 e. The van der Waals surface area contributed by atoms with Crippen LogP contribution in [-0.4, -0.2) is 0 Å². The highest BCUT2D eigenvalue weighted by Crippen LogP contribution is 2.23. The zero-order valence-electron chi connectivity index (χ0n) is 8.75. The van der Waals surface area contributed by atoms with Crippen LogP contribution in [0, 0.1) is 0 Å². The lowest BCUT2D eigenvalue weighted by Gasteiger charge is -1.99. The summed E-state index contributed by atoms with van der Waals surface area (Å²) in [5.74, 6) is 0. The third kappa shape index (κ3) is 2.29. The van der Waals surface area contributed by atoms with Crippen LogP contribution in [0.25, 0.3) is 20.2 Å². The molecule has 1 aromatic heterocycles. The Morgan fingerprint density at radius 1 is 0.706 bits per heavy atom. The summed E-state index contributed by atoms with van der Waals surface area (Å²) in [7, 11) is 0. The van der Waals surface area contributed by atoms with E-state index in [1.54, 1.807) is 11.3 Å². The Labute approximate surface area is 115 Å². The van der Waals surface area contributed by atoms with Gasteiger partial charge in [0.2, 0.25) is 0 Å². The average Bonchev–Trinajstić information content (AvgIpc) is 2.30. The van der Waals surface area contributed by atoms with E-state index in [1.165, 1.54) is 0 Å². The highest BCUT2D eigenvalue weighted by molar-refractivity contribution is 7.24. The molecule has 0 N–H and O–H groups in total. The van der Waals surface area contributed by atoms with Gasteiger partial charge >= 0.3 is 0 Å². The second-order valence-electron chi connectivity index (χ2n) is 3.42. The van der Waals surface area contributed by atoms with Crippen LogP contribution < -0.4 is 5.43 Å². The normalized spacial score (nSPS) is 9.65. The van der Waals surface area contributed by atoms with Crippen molar-refractivity contribution in [2.24, 2.45) is 0 Å². The molecule has 3 rings (SSSR count). The fraction of sp³-hybridized carbons (Fsp3) is 0. The molecule has 0 aliphatic heterocycles. The molecule has 0 atom stereocenters. The van der Waals surface area contributed by atoms with Gasteiger partial charge in [0.15, 0.2) is 5.43 Å². The standard InChI is InChI=1S/C13H8OS.2ClH/c14-13-9-5-1-3-7-11(9)15-12-8-4-2-6-10(12)13;;/h1-8H;2*1H. The van der Waals surface area contributed by atoms with Crippen LogP contribution in [0.5, 0.6) is 0 Å². The molecule has 0 saturated carbocycles. The van der Waals surface area contributed by atoms with Crippen LogP contribution in [0.15, 0.2) is 53.3 Å². The van der Waals surface area contributed by atoms with Crippen LogP contribution in [-0.2, 0) is 0 Å². The van der Waals surface area contributed by atoms with E-state index in [0.717, 1.165) is 20.2 Å². The third-order valence-electron chi connectivity index (χ3n) is 2.48. The predicted octanol–water partition coefficient (Wildman–Crippen LogP) is 4.26. The van der Waals surface area contributed by atoms with E-state index in [2.05, 4.69) is 0 Å². The lowest BCUT2D eigenvalue weighted by Crippen LogP contribution is -1.99. The summed E-state index contributed by atoms with van der Waals surface area (Å²) >= 11 is 1.67. The van der Waals surface area contributed by atoms with E-state index < -0.39 is 0 Å². The number of rotatable bonds is 0. The first-order valence-electron chi connectivity index (χ1n) is 4.77. The molecule has 0 unspecified atom stereocenters. The van der Waals surface area contributed by atoms with Crippen molar-refractivity contribution in [1.82, 2.24) is 0 Å². The first kappa shape index (κ1) is 14.0. The molecule has 4 heteroatoms. The van der Waals surface area contributed by atoms with Crippen molar-refractivity contribution < 1.29 is 0 Å². The second kappa shape index (κ2) is 5.50. The Kier molecular flexibility index (Phi) is 4.52. The van der Waals surface area contributed by atoms with E-state index in [0.29, 0.717) is 0 Å². The predicted molar refractivity (Wildman–Crippen MR) is 80.1 cm³/mol. The molecule has 88 valence electrons. The van der Waals surface area contributed by atoms with Gasteiger partial charge in [0.25, 0.3) is 0 Å². The van der Waals surface area contributed by atoms with Gasteiger partial charge < -0.3 is 0 Å². The number of hydrogen-bond donors (Lipinski definition) is 0. The summed E-state index contributed by atoms with van der Waals surface area (Å²) in [6, 6.07) is 15.5. The Morgan fingerprint density at radius 3 is 1.59 bits per heavy atom. The molecule has 0 fully saturated rings. The highest BCUT2D eigenvalue weighted by atomic mass is 35.5. The van der Waals surface area contributed by atoms with Gasteiger partial charge in [-0.1, -0.05) is 24.3 Å². The Hall–Kier alpha value is -1.09.